The summed E-state index contributed by atoms with van der Waals surface area (Å²) in [5, 5.41) is 10.3. The molecule has 1 heterocycles. The number of aryl methyl sites for hydroxylation is 2. The van der Waals surface area contributed by atoms with E-state index in [0.717, 1.165) is 18.4 Å². The van der Waals surface area contributed by atoms with Crippen molar-refractivity contribution in [2.45, 2.75) is 46.3 Å². The van der Waals surface area contributed by atoms with Crippen LogP contribution >= 0.6 is 23.2 Å². The first-order valence-electron chi connectivity index (χ1n) is 12.4. The van der Waals surface area contributed by atoms with Crippen LogP contribution in [0.15, 0.2) is 71.5 Å². The molecule has 0 unspecified atom stereocenters. The number of ether oxygens (including phenoxy) is 1. The molecule has 4 rings (SSSR count). The Morgan fingerprint density at radius 3 is 2.47 bits per heavy atom. The number of hydrogen-bond acceptors (Lipinski definition) is 4. The number of carbonyl (C=O) groups is 1. The van der Waals surface area contributed by atoms with Crippen LogP contribution < -0.4 is 10.3 Å². The van der Waals surface area contributed by atoms with Crippen LogP contribution in [0.25, 0.3) is 11.1 Å². The zero-order valence-corrected chi connectivity index (χ0v) is 22.7. The molecule has 0 spiro atoms. The van der Waals surface area contributed by atoms with Crippen LogP contribution in [0.2, 0.25) is 10.0 Å². The van der Waals surface area contributed by atoms with Crippen molar-refractivity contribution in [2.24, 2.45) is 0 Å². The normalized spacial score (nSPS) is 10.9. The van der Waals surface area contributed by atoms with Crippen LogP contribution in [0.4, 0.5) is 0 Å². The Kier molecular flexibility index (Phi) is 8.87. The smallest absolute Gasteiger partial charge is 0.336 e. The van der Waals surface area contributed by atoms with E-state index in [4.69, 9.17) is 32.9 Å². The molecule has 3 aromatic carbocycles. The number of carboxylic acids is 1. The minimum atomic E-state index is -1.02. The van der Waals surface area contributed by atoms with Crippen molar-refractivity contribution in [3.8, 4) is 16.9 Å². The molecule has 0 aliphatic rings. The Labute approximate surface area is 231 Å². The van der Waals surface area contributed by atoms with Crippen molar-refractivity contribution in [1.82, 2.24) is 9.55 Å². The fourth-order valence-electron chi connectivity index (χ4n) is 4.33. The lowest BCUT2D eigenvalue weighted by molar-refractivity contribution is 0.0694. The third-order valence-electron chi connectivity index (χ3n) is 6.29. The summed E-state index contributed by atoms with van der Waals surface area (Å²) in [6.45, 7) is 4.28. The van der Waals surface area contributed by atoms with E-state index in [1.165, 1.54) is 6.07 Å². The third-order valence-corrected chi connectivity index (χ3v) is 6.92. The molecule has 0 aliphatic carbocycles. The fourth-order valence-corrected chi connectivity index (χ4v) is 4.82. The molecule has 0 radical (unpaired) electrons. The van der Waals surface area contributed by atoms with E-state index in [0.29, 0.717) is 50.4 Å². The van der Waals surface area contributed by atoms with Crippen molar-refractivity contribution >= 4 is 29.2 Å². The first kappa shape index (κ1) is 27.4. The van der Waals surface area contributed by atoms with E-state index in [-0.39, 0.29) is 24.3 Å². The Hall–Kier alpha value is -3.61. The first-order valence-corrected chi connectivity index (χ1v) is 13.1. The van der Waals surface area contributed by atoms with Gasteiger partial charge >= 0.3 is 5.97 Å². The average molecular weight is 551 g/mol. The summed E-state index contributed by atoms with van der Waals surface area (Å²) in [4.78, 5) is 30.1. The van der Waals surface area contributed by atoms with Gasteiger partial charge in [0.15, 0.2) is 0 Å². The molecular formula is C30H28Cl2N2O4. The predicted molar refractivity (Wildman–Crippen MR) is 151 cm³/mol. The molecule has 8 heteroatoms. The summed E-state index contributed by atoms with van der Waals surface area (Å²) >= 11 is 13.0. The molecule has 0 aliphatic heterocycles. The first-order chi connectivity index (χ1) is 18.3. The topological polar surface area (TPSA) is 81.4 Å². The summed E-state index contributed by atoms with van der Waals surface area (Å²) in [6, 6.07) is 19.3. The Balaban J connectivity index is 1.65. The molecule has 4 aromatic rings. The number of carboxylic acid groups (broad SMARTS) is 1. The highest BCUT2D eigenvalue weighted by molar-refractivity contribution is 6.33. The lowest BCUT2D eigenvalue weighted by Crippen LogP contribution is -2.28. The highest BCUT2D eigenvalue weighted by Gasteiger charge is 2.18. The molecule has 0 fully saturated rings. The number of hydrogen-bond donors (Lipinski definition) is 1. The number of unbranched alkanes of at least 4 members (excludes halogenated alkanes) is 1. The van der Waals surface area contributed by atoms with Crippen LogP contribution in [0.1, 0.15) is 52.8 Å². The Bertz CT molecular complexity index is 1530. The zero-order chi connectivity index (χ0) is 27.2. The van der Waals surface area contributed by atoms with E-state index >= 15 is 0 Å². The second kappa shape index (κ2) is 12.3. The highest BCUT2D eigenvalue weighted by Crippen LogP contribution is 2.29. The van der Waals surface area contributed by atoms with Gasteiger partial charge in [0.05, 0.1) is 28.4 Å². The molecule has 0 atom stereocenters. The van der Waals surface area contributed by atoms with Gasteiger partial charge in [-0.25, -0.2) is 9.78 Å². The SMILES string of the molecule is CCCCc1nc(C)c(-c2ccccc2Cl)c(=O)n1Cc1ccc(OCc2ccccc2C(=O)O)c(Cl)c1. The van der Waals surface area contributed by atoms with Crippen LogP contribution in [0, 0.1) is 6.92 Å². The van der Waals surface area contributed by atoms with Gasteiger partial charge in [-0.15, -0.1) is 0 Å². The number of rotatable bonds is 10. The number of aromatic carboxylic acids is 1. The number of nitrogens with zero attached hydrogens (tertiary/aromatic N) is 2. The predicted octanol–water partition coefficient (Wildman–Crippen LogP) is 7.19. The maximum atomic E-state index is 13.8. The molecule has 0 saturated heterocycles. The monoisotopic (exact) mass is 550 g/mol. The number of halogens is 2. The quantitative estimate of drug-likeness (QED) is 0.226. The van der Waals surface area contributed by atoms with Gasteiger partial charge in [-0.05, 0) is 43.2 Å². The zero-order valence-electron chi connectivity index (χ0n) is 21.2. The minimum Gasteiger partial charge on any atom is -0.487 e. The summed E-state index contributed by atoms with van der Waals surface area (Å²) in [6.07, 6.45) is 2.56. The van der Waals surface area contributed by atoms with Crippen LogP contribution in [0.5, 0.6) is 5.75 Å². The molecular weight excluding hydrogens is 523 g/mol. The molecule has 196 valence electrons. The third kappa shape index (κ3) is 6.09. The lowest BCUT2D eigenvalue weighted by atomic mass is 10.0. The molecule has 0 amide bonds. The van der Waals surface area contributed by atoms with Crippen molar-refractivity contribution in [3.05, 3.63) is 115 Å². The largest absolute Gasteiger partial charge is 0.487 e. The Morgan fingerprint density at radius 2 is 1.76 bits per heavy atom. The molecule has 0 saturated carbocycles. The molecule has 6 nitrogen and oxygen atoms in total. The molecule has 0 bridgehead atoms. The number of benzene rings is 3. The maximum absolute atomic E-state index is 13.8. The van der Waals surface area contributed by atoms with Crippen LogP contribution in [0.3, 0.4) is 0 Å². The van der Waals surface area contributed by atoms with E-state index in [1.54, 1.807) is 41.0 Å². The standard InChI is InChI=1S/C30H28Cl2N2O4/c1-3-4-13-27-33-19(2)28(23-11-7-8-12-24(23)31)29(35)34(27)17-20-14-15-26(25(32)16-20)38-18-21-9-5-6-10-22(21)30(36)37/h5-12,14-16H,3-4,13,17-18H2,1-2H3,(H,36,37). The lowest BCUT2D eigenvalue weighted by Gasteiger charge is -2.17. The van der Waals surface area contributed by atoms with Crippen molar-refractivity contribution < 1.29 is 14.6 Å². The van der Waals surface area contributed by atoms with Gasteiger partial charge in [-0.2, -0.15) is 0 Å². The summed E-state index contributed by atoms with van der Waals surface area (Å²) in [5.41, 5.74) is 3.17. The average Bonchev–Trinajstić information content (AvgIpc) is 2.90. The second-order valence-electron chi connectivity index (χ2n) is 8.98. The fraction of sp³-hybridized carbons (Fsp3) is 0.233. The van der Waals surface area contributed by atoms with E-state index in [9.17, 15) is 14.7 Å². The van der Waals surface area contributed by atoms with Gasteiger partial charge in [0.1, 0.15) is 18.2 Å². The van der Waals surface area contributed by atoms with Gasteiger partial charge in [-0.3, -0.25) is 9.36 Å². The number of aromatic nitrogens is 2. The minimum absolute atomic E-state index is 0.0608. The van der Waals surface area contributed by atoms with Gasteiger partial charge in [0, 0.05) is 22.6 Å². The van der Waals surface area contributed by atoms with Crippen molar-refractivity contribution in [2.75, 3.05) is 0 Å². The van der Waals surface area contributed by atoms with Crippen molar-refractivity contribution in [3.63, 3.8) is 0 Å². The molecule has 1 N–H and O–H groups in total. The summed E-state index contributed by atoms with van der Waals surface area (Å²) < 4.78 is 7.53. The Morgan fingerprint density at radius 1 is 1.03 bits per heavy atom. The van der Waals surface area contributed by atoms with E-state index in [1.807, 2.05) is 31.2 Å². The van der Waals surface area contributed by atoms with Crippen LogP contribution in [-0.4, -0.2) is 20.6 Å². The van der Waals surface area contributed by atoms with Gasteiger partial charge in [-0.1, -0.05) is 79.0 Å². The molecule has 1 aromatic heterocycles. The summed E-state index contributed by atoms with van der Waals surface area (Å²) in [5.74, 6) is 0.123. The van der Waals surface area contributed by atoms with Gasteiger partial charge in [0.2, 0.25) is 0 Å². The second-order valence-corrected chi connectivity index (χ2v) is 9.79. The van der Waals surface area contributed by atoms with Crippen molar-refractivity contribution in [1.29, 1.82) is 0 Å². The summed E-state index contributed by atoms with van der Waals surface area (Å²) in [7, 11) is 0. The van der Waals surface area contributed by atoms with Gasteiger partial charge in [0.25, 0.3) is 5.56 Å². The van der Waals surface area contributed by atoms with Crippen LogP contribution in [-0.2, 0) is 19.6 Å². The van der Waals surface area contributed by atoms with Gasteiger partial charge < -0.3 is 9.84 Å². The van der Waals surface area contributed by atoms with E-state index in [2.05, 4.69) is 6.92 Å². The van der Waals surface area contributed by atoms with E-state index < -0.39 is 5.97 Å². The maximum Gasteiger partial charge on any atom is 0.336 e. The highest BCUT2D eigenvalue weighted by atomic mass is 35.5. The molecule has 38 heavy (non-hydrogen) atoms.